The zero-order valence-electron chi connectivity index (χ0n) is 6.04. The van der Waals surface area contributed by atoms with Gasteiger partial charge >= 0.3 is 18.0 Å². The smallest absolute Gasteiger partial charge is 0.294 e. The van der Waals surface area contributed by atoms with Gasteiger partial charge in [-0.3, -0.25) is 9.59 Å². The molecule has 14 heavy (non-hydrogen) atoms. The van der Waals surface area contributed by atoms with Crippen molar-refractivity contribution in [3.8, 4) is 0 Å². The van der Waals surface area contributed by atoms with Crippen molar-refractivity contribution in [3.05, 3.63) is 0 Å². The second-order valence-corrected chi connectivity index (χ2v) is 2.13. The standard InChI is InChI=1S/C5HF7O2/c6-3(7,2(14)1-13)4(8,9)5(10,11)12/h1H. The minimum absolute atomic E-state index is 1.29. The highest BCUT2D eigenvalue weighted by molar-refractivity contribution is 6.28. The molecule has 0 aliphatic rings. The van der Waals surface area contributed by atoms with Crippen LogP contribution in [0.5, 0.6) is 0 Å². The molecule has 0 aliphatic heterocycles. The van der Waals surface area contributed by atoms with Crippen LogP contribution in [-0.2, 0) is 9.59 Å². The number of halogens is 7. The average Bonchev–Trinajstić information content (AvgIpc) is 2.00. The first-order valence-corrected chi connectivity index (χ1v) is 2.80. The number of hydrogen-bond acceptors (Lipinski definition) is 2. The molecule has 0 bridgehead atoms. The molecule has 0 aromatic heterocycles. The minimum Gasteiger partial charge on any atom is -0.294 e. The molecule has 0 N–H and O–H groups in total. The Bertz CT molecular complexity index is 253. The van der Waals surface area contributed by atoms with Gasteiger partial charge in [0.25, 0.3) is 5.78 Å². The molecule has 0 saturated heterocycles. The van der Waals surface area contributed by atoms with E-state index in [-0.39, 0.29) is 0 Å². The Balaban J connectivity index is 5.28. The van der Waals surface area contributed by atoms with Crippen LogP contribution in [0.25, 0.3) is 0 Å². The molecule has 82 valence electrons. The average molecular weight is 226 g/mol. The van der Waals surface area contributed by atoms with Crippen LogP contribution in [0.1, 0.15) is 0 Å². The SMILES string of the molecule is O=CC(=O)C(F)(F)C(F)(F)C(F)(F)F. The third-order valence-electron chi connectivity index (χ3n) is 1.17. The van der Waals surface area contributed by atoms with E-state index in [9.17, 15) is 40.3 Å². The van der Waals surface area contributed by atoms with Gasteiger partial charge in [-0.2, -0.15) is 30.7 Å². The maximum absolute atomic E-state index is 12.0. The number of carbonyl (C=O) groups excluding carboxylic acids is 2. The third kappa shape index (κ3) is 1.70. The first kappa shape index (κ1) is 12.8. The molecule has 2 nitrogen and oxygen atoms in total. The van der Waals surface area contributed by atoms with Crippen LogP contribution in [-0.4, -0.2) is 30.1 Å². The van der Waals surface area contributed by atoms with Gasteiger partial charge in [0.05, 0.1) is 0 Å². The van der Waals surface area contributed by atoms with Crippen LogP contribution in [0.15, 0.2) is 0 Å². The van der Waals surface area contributed by atoms with Crippen LogP contribution in [0, 0.1) is 0 Å². The van der Waals surface area contributed by atoms with Crippen LogP contribution < -0.4 is 0 Å². The molecule has 0 saturated carbocycles. The number of carbonyl (C=O) groups is 2. The van der Waals surface area contributed by atoms with Crippen molar-refractivity contribution in [3.63, 3.8) is 0 Å². The lowest BCUT2D eigenvalue weighted by atomic mass is 10.1. The number of aldehydes is 1. The van der Waals surface area contributed by atoms with Gasteiger partial charge in [0.1, 0.15) is 0 Å². The molecular formula is C5HF7O2. The molecule has 0 aliphatic carbocycles. The van der Waals surface area contributed by atoms with Gasteiger partial charge in [0.2, 0.25) is 0 Å². The first-order valence-electron chi connectivity index (χ1n) is 2.80. The summed E-state index contributed by atoms with van der Waals surface area (Å²) in [6, 6.07) is 0. The van der Waals surface area contributed by atoms with Gasteiger partial charge < -0.3 is 0 Å². The van der Waals surface area contributed by atoms with Crippen molar-refractivity contribution < 1.29 is 40.3 Å². The van der Waals surface area contributed by atoms with E-state index < -0.39 is 30.1 Å². The number of alkyl halides is 7. The molecular weight excluding hydrogens is 225 g/mol. The van der Waals surface area contributed by atoms with Crippen LogP contribution in [0.4, 0.5) is 30.7 Å². The van der Waals surface area contributed by atoms with Crippen molar-refractivity contribution >= 4 is 12.1 Å². The van der Waals surface area contributed by atoms with Gasteiger partial charge in [-0.15, -0.1) is 0 Å². The maximum atomic E-state index is 12.0. The molecule has 0 heterocycles. The van der Waals surface area contributed by atoms with Crippen LogP contribution in [0.3, 0.4) is 0 Å². The van der Waals surface area contributed by atoms with E-state index in [1.807, 2.05) is 0 Å². The molecule has 9 heteroatoms. The van der Waals surface area contributed by atoms with Crippen molar-refractivity contribution in [1.29, 1.82) is 0 Å². The summed E-state index contributed by atoms with van der Waals surface area (Å²) in [5.41, 5.74) is 0. The Kier molecular flexibility index (Phi) is 2.95. The minimum atomic E-state index is -6.60. The highest BCUT2D eigenvalue weighted by Gasteiger charge is 2.75. The molecule has 0 unspecified atom stereocenters. The predicted molar refractivity (Wildman–Crippen MR) is 27.0 cm³/mol. The summed E-state index contributed by atoms with van der Waals surface area (Å²) in [5.74, 6) is -15.8. The van der Waals surface area contributed by atoms with Gasteiger partial charge in [0, 0.05) is 0 Å². The van der Waals surface area contributed by atoms with E-state index in [0.29, 0.717) is 0 Å². The Morgan fingerprint density at radius 1 is 0.929 bits per heavy atom. The van der Waals surface area contributed by atoms with Crippen molar-refractivity contribution in [2.45, 2.75) is 18.0 Å². The Hall–Kier alpha value is -1.15. The number of rotatable bonds is 3. The molecule has 0 aromatic carbocycles. The Labute approximate surface area is 71.7 Å². The molecule has 0 fully saturated rings. The lowest BCUT2D eigenvalue weighted by Gasteiger charge is -2.25. The van der Waals surface area contributed by atoms with Gasteiger partial charge in [-0.05, 0) is 0 Å². The topological polar surface area (TPSA) is 34.1 Å². The molecule has 0 radical (unpaired) electrons. The van der Waals surface area contributed by atoms with E-state index in [2.05, 4.69) is 0 Å². The lowest BCUT2D eigenvalue weighted by molar-refractivity contribution is -0.342. The maximum Gasteiger partial charge on any atom is 0.460 e. The van der Waals surface area contributed by atoms with E-state index in [1.54, 1.807) is 0 Å². The highest BCUT2D eigenvalue weighted by Crippen LogP contribution is 2.46. The number of ketones is 1. The van der Waals surface area contributed by atoms with Crippen LogP contribution >= 0.6 is 0 Å². The van der Waals surface area contributed by atoms with Gasteiger partial charge in [0.15, 0.2) is 6.29 Å². The summed E-state index contributed by atoms with van der Waals surface area (Å²) in [5, 5.41) is 0. The summed E-state index contributed by atoms with van der Waals surface area (Å²) in [6.07, 6.45) is -7.89. The number of Topliss-reactive ketones (excluding diaryl/α,β-unsaturated/α-hetero) is 1. The molecule has 0 atom stereocenters. The fourth-order valence-corrected chi connectivity index (χ4v) is 0.407. The van der Waals surface area contributed by atoms with Crippen molar-refractivity contribution in [2.75, 3.05) is 0 Å². The Morgan fingerprint density at radius 2 is 1.29 bits per heavy atom. The van der Waals surface area contributed by atoms with E-state index in [1.165, 1.54) is 0 Å². The fourth-order valence-electron chi connectivity index (χ4n) is 0.407. The van der Waals surface area contributed by atoms with Crippen molar-refractivity contribution in [2.24, 2.45) is 0 Å². The lowest BCUT2D eigenvalue weighted by Crippen LogP contribution is -2.56. The summed E-state index contributed by atoms with van der Waals surface area (Å²) in [7, 11) is 0. The zero-order chi connectivity index (χ0) is 11.8. The van der Waals surface area contributed by atoms with E-state index in [4.69, 9.17) is 0 Å². The molecule has 0 aromatic rings. The molecule has 0 rings (SSSR count). The molecule has 0 amide bonds. The number of hydrogen-bond donors (Lipinski definition) is 0. The summed E-state index contributed by atoms with van der Waals surface area (Å²) < 4.78 is 81.8. The van der Waals surface area contributed by atoms with Gasteiger partial charge in [-0.1, -0.05) is 0 Å². The zero-order valence-corrected chi connectivity index (χ0v) is 6.04. The fraction of sp³-hybridized carbons (Fsp3) is 0.600. The Morgan fingerprint density at radius 3 is 1.50 bits per heavy atom. The molecule has 0 spiro atoms. The van der Waals surface area contributed by atoms with Crippen LogP contribution in [0.2, 0.25) is 0 Å². The van der Waals surface area contributed by atoms with Crippen molar-refractivity contribution in [1.82, 2.24) is 0 Å². The first-order chi connectivity index (χ1) is 5.98. The monoisotopic (exact) mass is 226 g/mol. The normalized spacial score (nSPS) is 13.9. The second kappa shape index (κ2) is 3.21. The summed E-state index contributed by atoms with van der Waals surface area (Å²) >= 11 is 0. The van der Waals surface area contributed by atoms with E-state index in [0.717, 1.165) is 0 Å². The summed E-state index contributed by atoms with van der Waals surface area (Å²) in [6.45, 7) is 0. The van der Waals surface area contributed by atoms with Gasteiger partial charge in [-0.25, -0.2) is 0 Å². The quantitative estimate of drug-likeness (QED) is 0.416. The largest absolute Gasteiger partial charge is 0.460 e. The third-order valence-corrected chi connectivity index (χ3v) is 1.17. The predicted octanol–water partition coefficient (Wildman–Crippen LogP) is 1.59. The second-order valence-electron chi connectivity index (χ2n) is 2.13. The highest BCUT2D eigenvalue weighted by atomic mass is 19.4. The van der Waals surface area contributed by atoms with E-state index >= 15 is 0 Å². The summed E-state index contributed by atoms with van der Waals surface area (Å²) in [4.78, 5) is 19.2.